The lowest BCUT2D eigenvalue weighted by atomic mass is 10.2. The average molecular weight is 339 g/mol. The minimum Gasteiger partial charge on any atom is -0.461 e. The number of amides is 1. The lowest BCUT2D eigenvalue weighted by Gasteiger charge is -2.12. The van der Waals surface area contributed by atoms with E-state index in [4.69, 9.17) is 9.26 Å². The zero-order chi connectivity index (χ0) is 17.3. The normalized spacial score (nSPS) is 14.0. The van der Waals surface area contributed by atoms with Crippen molar-refractivity contribution in [1.29, 1.82) is 0 Å². The molecule has 0 aliphatic rings. The lowest BCUT2D eigenvalue weighted by Crippen LogP contribution is -2.29. The molecule has 1 amide bonds. The molecule has 1 aromatic rings. The predicted molar refractivity (Wildman–Crippen MR) is 88.6 cm³/mol. The number of nitrogens with one attached hydrogen (secondary N) is 1. The highest BCUT2D eigenvalue weighted by Crippen LogP contribution is 2.42. The van der Waals surface area contributed by atoms with E-state index in [1.165, 1.54) is 12.7 Å². The van der Waals surface area contributed by atoms with E-state index < -0.39 is 19.2 Å². The first-order chi connectivity index (χ1) is 10.9. The van der Waals surface area contributed by atoms with Crippen LogP contribution in [0.3, 0.4) is 0 Å². The van der Waals surface area contributed by atoms with Crippen molar-refractivity contribution in [1.82, 2.24) is 5.32 Å². The van der Waals surface area contributed by atoms with E-state index in [2.05, 4.69) is 5.32 Å². The molecule has 0 fully saturated rings. The SMILES string of the molecule is CCOC(=O)C(=CCP(C)(=O)OCC)NC(=O)c1ccccc1. The molecule has 6 nitrogen and oxygen atoms in total. The number of benzene rings is 1. The lowest BCUT2D eigenvalue weighted by molar-refractivity contribution is -0.138. The Bertz CT molecular complexity index is 612. The van der Waals surface area contributed by atoms with Crippen LogP contribution in [0.25, 0.3) is 0 Å². The molecule has 1 aromatic carbocycles. The number of rotatable bonds is 8. The summed E-state index contributed by atoms with van der Waals surface area (Å²) < 4.78 is 22.2. The highest BCUT2D eigenvalue weighted by molar-refractivity contribution is 7.58. The molecule has 126 valence electrons. The molecule has 1 unspecified atom stereocenters. The Labute approximate surface area is 136 Å². The number of hydrogen-bond donors (Lipinski definition) is 1. The molecule has 0 aliphatic carbocycles. The van der Waals surface area contributed by atoms with Gasteiger partial charge in [-0.05, 0) is 32.1 Å². The van der Waals surface area contributed by atoms with Gasteiger partial charge in [0.1, 0.15) is 5.70 Å². The Kier molecular flexibility index (Phi) is 7.72. The summed E-state index contributed by atoms with van der Waals surface area (Å²) >= 11 is 0. The number of carbonyl (C=O) groups is 2. The van der Waals surface area contributed by atoms with E-state index in [0.29, 0.717) is 12.2 Å². The smallest absolute Gasteiger partial charge is 0.354 e. The second kappa shape index (κ2) is 9.28. The van der Waals surface area contributed by atoms with Crippen LogP contribution in [-0.4, -0.2) is 37.9 Å². The number of esters is 1. The van der Waals surface area contributed by atoms with Crippen molar-refractivity contribution in [3.05, 3.63) is 47.7 Å². The second-order valence-corrected chi connectivity index (χ2v) is 7.42. The monoisotopic (exact) mass is 339 g/mol. The fourth-order valence-corrected chi connectivity index (χ4v) is 2.93. The van der Waals surface area contributed by atoms with Gasteiger partial charge in [0.05, 0.1) is 13.2 Å². The topological polar surface area (TPSA) is 81.7 Å². The Balaban J connectivity index is 2.90. The standard InChI is InChI=1S/C16H22NO5P/c1-4-21-16(19)14(11-12-23(3,20)22-5-2)17-15(18)13-9-7-6-8-10-13/h6-11H,4-5,12H2,1-3H3,(H,17,18). The van der Waals surface area contributed by atoms with Crippen LogP contribution in [0, 0.1) is 0 Å². The molecular formula is C16H22NO5P. The van der Waals surface area contributed by atoms with E-state index in [9.17, 15) is 14.2 Å². The predicted octanol–water partition coefficient (Wildman–Crippen LogP) is 2.81. The van der Waals surface area contributed by atoms with Crippen LogP contribution in [0.1, 0.15) is 24.2 Å². The maximum Gasteiger partial charge on any atom is 0.354 e. The van der Waals surface area contributed by atoms with Crippen molar-refractivity contribution >= 4 is 19.2 Å². The van der Waals surface area contributed by atoms with Crippen LogP contribution in [0.5, 0.6) is 0 Å². The summed E-state index contributed by atoms with van der Waals surface area (Å²) in [7, 11) is -2.86. The van der Waals surface area contributed by atoms with Gasteiger partial charge in [0.25, 0.3) is 5.91 Å². The number of allylic oxidation sites excluding steroid dienone is 1. The van der Waals surface area contributed by atoms with Crippen molar-refractivity contribution in [3.8, 4) is 0 Å². The summed E-state index contributed by atoms with van der Waals surface area (Å²) in [5, 5.41) is 2.50. The van der Waals surface area contributed by atoms with Crippen molar-refractivity contribution < 1.29 is 23.4 Å². The van der Waals surface area contributed by atoms with Gasteiger partial charge >= 0.3 is 5.97 Å². The van der Waals surface area contributed by atoms with Gasteiger partial charge in [-0.2, -0.15) is 0 Å². The highest BCUT2D eigenvalue weighted by Gasteiger charge is 2.19. The molecule has 1 atom stereocenters. The van der Waals surface area contributed by atoms with Gasteiger partial charge in [0, 0.05) is 18.4 Å². The minimum atomic E-state index is -2.86. The average Bonchev–Trinajstić information content (AvgIpc) is 2.52. The summed E-state index contributed by atoms with van der Waals surface area (Å²) in [5.74, 6) is -1.11. The third-order valence-electron chi connectivity index (χ3n) is 2.81. The molecule has 23 heavy (non-hydrogen) atoms. The van der Waals surface area contributed by atoms with E-state index in [0.717, 1.165) is 0 Å². The first kappa shape index (κ1) is 19.1. The number of ether oxygens (including phenoxy) is 1. The largest absolute Gasteiger partial charge is 0.461 e. The number of hydrogen-bond acceptors (Lipinski definition) is 5. The molecule has 0 spiro atoms. The van der Waals surface area contributed by atoms with Crippen molar-refractivity contribution in [2.45, 2.75) is 13.8 Å². The molecule has 1 rings (SSSR count). The van der Waals surface area contributed by atoms with Gasteiger partial charge in [-0.3, -0.25) is 9.36 Å². The van der Waals surface area contributed by atoms with Crippen molar-refractivity contribution in [2.24, 2.45) is 0 Å². The van der Waals surface area contributed by atoms with E-state index >= 15 is 0 Å². The first-order valence-electron chi connectivity index (χ1n) is 7.34. The van der Waals surface area contributed by atoms with Crippen LogP contribution in [-0.2, 0) is 18.6 Å². The van der Waals surface area contributed by atoms with Crippen LogP contribution in [0.2, 0.25) is 0 Å². The molecule has 0 heterocycles. The van der Waals surface area contributed by atoms with Gasteiger partial charge in [-0.25, -0.2) is 4.79 Å². The van der Waals surface area contributed by atoms with Crippen LogP contribution in [0.15, 0.2) is 42.1 Å². The molecule has 0 aliphatic heterocycles. The molecule has 0 aromatic heterocycles. The third-order valence-corrected chi connectivity index (χ3v) is 4.46. The minimum absolute atomic E-state index is 0.0318. The van der Waals surface area contributed by atoms with Crippen LogP contribution >= 0.6 is 7.37 Å². The van der Waals surface area contributed by atoms with Crippen LogP contribution in [0.4, 0.5) is 0 Å². The maximum absolute atomic E-state index is 12.2. The van der Waals surface area contributed by atoms with Gasteiger partial charge in [-0.15, -0.1) is 0 Å². The summed E-state index contributed by atoms with van der Waals surface area (Å²) in [6.45, 7) is 5.37. The van der Waals surface area contributed by atoms with Gasteiger partial charge in [0.2, 0.25) is 7.37 Å². The van der Waals surface area contributed by atoms with Crippen molar-refractivity contribution in [2.75, 3.05) is 26.0 Å². The Morgan fingerprint density at radius 2 is 1.83 bits per heavy atom. The Morgan fingerprint density at radius 3 is 2.39 bits per heavy atom. The van der Waals surface area contributed by atoms with Gasteiger partial charge in [-0.1, -0.05) is 18.2 Å². The molecule has 0 bridgehead atoms. The second-order valence-electron chi connectivity index (χ2n) is 4.77. The fraction of sp³-hybridized carbons (Fsp3) is 0.375. The van der Waals surface area contributed by atoms with E-state index in [1.54, 1.807) is 44.2 Å². The fourth-order valence-electron chi connectivity index (χ4n) is 1.76. The first-order valence-corrected chi connectivity index (χ1v) is 9.60. The molecule has 7 heteroatoms. The molecule has 1 N–H and O–H groups in total. The van der Waals surface area contributed by atoms with Crippen molar-refractivity contribution in [3.63, 3.8) is 0 Å². The molecule has 0 saturated heterocycles. The zero-order valence-corrected chi connectivity index (χ0v) is 14.5. The molecule has 0 saturated carbocycles. The van der Waals surface area contributed by atoms with E-state index in [1.807, 2.05) is 0 Å². The molecular weight excluding hydrogens is 317 g/mol. The maximum atomic E-state index is 12.2. The summed E-state index contributed by atoms with van der Waals surface area (Å²) in [6, 6.07) is 8.48. The zero-order valence-electron chi connectivity index (χ0n) is 13.6. The van der Waals surface area contributed by atoms with Crippen LogP contribution < -0.4 is 5.32 Å². The van der Waals surface area contributed by atoms with Gasteiger partial charge < -0.3 is 14.6 Å². The Hall–Kier alpha value is -1.91. The molecule has 0 radical (unpaired) electrons. The number of carbonyl (C=O) groups excluding carboxylic acids is 2. The highest BCUT2D eigenvalue weighted by atomic mass is 31.2. The Morgan fingerprint density at radius 1 is 1.17 bits per heavy atom. The van der Waals surface area contributed by atoms with Gasteiger partial charge in [0.15, 0.2) is 0 Å². The quantitative estimate of drug-likeness (QED) is 0.447. The summed E-state index contributed by atoms with van der Waals surface area (Å²) in [5.41, 5.74) is 0.370. The summed E-state index contributed by atoms with van der Waals surface area (Å²) in [4.78, 5) is 24.1. The summed E-state index contributed by atoms with van der Waals surface area (Å²) in [6.07, 6.45) is 1.42. The third kappa shape index (κ3) is 6.80. The van der Waals surface area contributed by atoms with E-state index in [-0.39, 0.29) is 18.5 Å².